The van der Waals surface area contributed by atoms with Gasteiger partial charge in [-0.1, -0.05) is 0 Å². The molecule has 23 heavy (non-hydrogen) atoms. The minimum absolute atomic E-state index is 0.00324. The molecule has 2 heterocycles. The second-order valence-corrected chi connectivity index (χ2v) is 7.70. The molecule has 126 valence electrons. The summed E-state index contributed by atoms with van der Waals surface area (Å²) in [5.41, 5.74) is 1.60. The summed E-state index contributed by atoms with van der Waals surface area (Å²) in [5, 5.41) is 14.7. The van der Waals surface area contributed by atoms with Crippen LogP contribution in [0.1, 0.15) is 18.4 Å². The molecule has 0 atom stereocenters. The number of likely N-dealkylation sites (tertiary alicyclic amines) is 1. The highest BCUT2D eigenvalue weighted by molar-refractivity contribution is 7.89. The van der Waals surface area contributed by atoms with E-state index in [0.717, 1.165) is 24.3 Å². The van der Waals surface area contributed by atoms with Gasteiger partial charge in [0.05, 0.1) is 17.5 Å². The summed E-state index contributed by atoms with van der Waals surface area (Å²) in [6, 6.07) is 4.64. The number of piperidine rings is 1. The first-order valence-corrected chi connectivity index (χ1v) is 9.26. The quantitative estimate of drug-likeness (QED) is 0.785. The Morgan fingerprint density at radius 2 is 1.96 bits per heavy atom. The first-order valence-electron chi connectivity index (χ1n) is 7.71. The van der Waals surface area contributed by atoms with Crippen LogP contribution in [0.15, 0.2) is 23.1 Å². The second-order valence-electron chi connectivity index (χ2n) is 6.14. The standard InChI is InChI=1S/C15H21N3O4S/c16-23(21,22)13-1-2-14-11(9-13)3-8-18(14)15(20)10-17-6-4-12(19)5-7-17/h1-2,9,12,19H,3-8,10H2,(H2,16,21,22). The fraction of sp³-hybridized carbons (Fsp3) is 0.533. The molecule has 1 fully saturated rings. The van der Waals surface area contributed by atoms with Crippen LogP contribution in [0, 0.1) is 0 Å². The number of benzene rings is 1. The van der Waals surface area contributed by atoms with Crippen molar-refractivity contribution < 1.29 is 18.3 Å². The number of aliphatic hydroxyl groups is 1. The van der Waals surface area contributed by atoms with Gasteiger partial charge in [0.1, 0.15) is 0 Å². The summed E-state index contributed by atoms with van der Waals surface area (Å²) in [7, 11) is -3.73. The summed E-state index contributed by atoms with van der Waals surface area (Å²) >= 11 is 0. The maximum atomic E-state index is 12.5. The first-order chi connectivity index (χ1) is 10.8. The van der Waals surface area contributed by atoms with Gasteiger partial charge in [0.15, 0.2) is 0 Å². The summed E-state index contributed by atoms with van der Waals surface area (Å²) in [6.07, 6.45) is 1.76. The van der Waals surface area contributed by atoms with Gasteiger partial charge in [-0.3, -0.25) is 9.69 Å². The van der Waals surface area contributed by atoms with E-state index in [1.165, 1.54) is 6.07 Å². The summed E-state index contributed by atoms with van der Waals surface area (Å²) in [5.74, 6) is 0.00324. The molecule has 3 N–H and O–H groups in total. The fourth-order valence-electron chi connectivity index (χ4n) is 3.17. The largest absolute Gasteiger partial charge is 0.393 e. The van der Waals surface area contributed by atoms with Crippen LogP contribution in [-0.4, -0.2) is 56.6 Å². The third-order valence-corrected chi connectivity index (χ3v) is 5.40. The van der Waals surface area contributed by atoms with Crippen LogP contribution in [0.2, 0.25) is 0 Å². The summed E-state index contributed by atoms with van der Waals surface area (Å²) in [6.45, 7) is 2.32. The average Bonchev–Trinajstić information content (AvgIpc) is 2.92. The zero-order chi connectivity index (χ0) is 16.6. The van der Waals surface area contributed by atoms with Crippen molar-refractivity contribution in [3.8, 4) is 0 Å². The SMILES string of the molecule is NS(=O)(=O)c1ccc2c(c1)CCN2C(=O)CN1CCC(O)CC1. The Labute approximate surface area is 135 Å². The van der Waals surface area contributed by atoms with Crippen molar-refractivity contribution in [2.75, 3.05) is 31.1 Å². The molecule has 1 aromatic rings. The number of aliphatic hydroxyl groups excluding tert-OH is 1. The smallest absolute Gasteiger partial charge is 0.241 e. The van der Waals surface area contributed by atoms with Crippen LogP contribution in [0.3, 0.4) is 0 Å². The Morgan fingerprint density at radius 3 is 2.61 bits per heavy atom. The maximum absolute atomic E-state index is 12.5. The van der Waals surface area contributed by atoms with Crippen molar-refractivity contribution in [3.63, 3.8) is 0 Å². The number of nitrogens with zero attached hydrogens (tertiary/aromatic N) is 2. The van der Waals surface area contributed by atoms with Crippen LogP contribution in [0.25, 0.3) is 0 Å². The van der Waals surface area contributed by atoms with Gasteiger partial charge in [0, 0.05) is 25.3 Å². The number of carbonyl (C=O) groups excluding carboxylic acids is 1. The normalized spacial score (nSPS) is 19.8. The van der Waals surface area contributed by atoms with Gasteiger partial charge in [-0.15, -0.1) is 0 Å². The van der Waals surface area contributed by atoms with Gasteiger partial charge in [-0.2, -0.15) is 0 Å². The molecule has 3 rings (SSSR count). The lowest BCUT2D eigenvalue weighted by Gasteiger charge is -2.30. The monoisotopic (exact) mass is 339 g/mol. The summed E-state index contributed by atoms with van der Waals surface area (Å²) in [4.78, 5) is 16.3. The Morgan fingerprint density at radius 1 is 1.26 bits per heavy atom. The highest BCUT2D eigenvalue weighted by atomic mass is 32.2. The van der Waals surface area contributed by atoms with E-state index in [9.17, 15) is 18.3 Å². The lowest BCUT2D eigenvalue weighted by molar-refractivity contribution is -0.120. The van der Waals surface area contributed by atoms with Gasteiger partial charge in [-0.05, 0) is 43.0 Å². The predicted molar refractivity (Wildman–Crippen MR) is 85.6 cm³/mol. The molecule has 0 radical (unpaired) electrons. The van der Waals surface area contributed by atoms with Crippen LogP contribution < -0.4 is 10.0 Å². The minimum Gasteiger partial charge on any atom is -0.393 e. The van der Waals surface area contributed by atoms with Gasteiger partial charge in [0.2, 0.25) is 15.9 Å². The highest BCUT2D eigenvalue weighted by Crippen LogP contribution is 2.30. The van der Waals surface area contributed by atoms with Crippen molar-refractivity contribution in [2.45, 2.75) is 30.3 Å². The van der Waals surface area contributed by atoms with Gasteiger partial charge >= 0.3 is 0 Å². The van der Waals surface area contributed by atoms with E-state index in [1.54, 1.807) is 17.0 Å². The fourth-order valence-corrected chi connectivity index (χ4v) is 3.73. The average molecular weight is 339 g/mol. The molecule has 0 aromatic heterocycles. The number of rotatable bonds is 3. The molecule has 0 bridgehead atoms. The molecule has 0 saturated carbocycles. The zero-order valence-electron chi connectivity index (χ0n) is 12.8. The number of primary sulfonamides is 1. The molecule has 8 heteroatoms. The summed E-state index contributed by atoms with van der Waals surface area (Å²) < 4.78 is 22.8. The Balaban J connectivity index is 1.71. The number of hydrogen-bond acceptors (Lipinski definition) is 5. The molecule has 2 aliphatic heterocycles. The number of hydrogen-bond donors (Lipinski definition) is 2. The third-order valence-electron chi connectivity index (χ3n) is 4.49. The molecular formula is C15H21N3O4S. The molecule has 0 aliphatic carbocycles. The number of fused-ring (bicyclic) bond motifs is 1. The lowest BCUT2D eigenvalue weighted by Crippen LogP contribution is -2.43. The topological polar surface area (TPSA) is 104 Å². The van der Waals surface area contributed by atoms with Crippen molar-refractivity contribution in [3.05, 3.63) is 23.8 Å². The maximum Gasteiger partial charge on any atom is 0.241 e. The lowest BCUT2D eigenvalue weighted by atomic mass is 10.1. The Hall–Kier alpha value is -1.48. The van der Waals surface area contributed by atoms with Crippen LogP contribution in [-0.2, 0) is 21.2 Å². The zero-order valence-corrected chi connectivity index (χ0v) is 13.6. The van der Waals surface area contributed by atoms with Crippen LogP contribution >= 0.6 is 0 Å². The number of nitrogens with two attached hydrogens (primary N) is 1. The van der Waals surface area contributed by atoms with Gasteiger partial charge < -0.3 is 10.0 Å². The molecular weight excluding hydrogens is 318 g/mol. The van der Waals surface area contributed by atoms with E-state index in [1.807, 2.05) is 4.90 Å². The van der Waals surface area contributed by atoms with Crippen molar-refractivity contribution in [1.82, 2.24) is 4.90 Å². The Kier molecular flexibility index (Phi) is 4.41. The number of amides is 1. The first kappa shape index (κ1) is 16.4. The van der Waals surface area contributed by atoms with Gasteiger partial charge in [0.25, 0.3) is 0 Å². The third kappa shape index (κ3) is 3.55. The molecule has 0 unspecified atom stereocenters. The van der Waals surface area contributed by atoms with Crippen molar-refractivity contribution >= 4 is 21.6 Å². The molecule has 1 amide bonds. The van der Waals surface area contributed by atoms with Crippen LogP contribution in [0.4, 0.5) is 5.69 Å². The minimum atomic E-state index is -3.73. The highest BCUT2D eigenvalue weighted by Gasteiger charge is 2.28. The van der Waals surface area contributed by atoms with Gasteiger partial charge in [-0.25, -0.2) is 13.6 Å². The molecule has 7 nitrogen and oxygen atoms in total. The molecule has 0 spiro atoms. The Bertz CT molecular complexity index is 711. The number of anilines is 1. The van der Waals surface area contributed by atoms with E-state index in [2.05, 4.69) is 0 Å². The molecule has 2 aliphatic rings. The molecule has 1 aromatic carbocycles. The van der Waals surface area contributed by atoms with Crippen molar-refractivity contribution in [1.29, 1.82) is 0 Å². The predicted octanol–water partition coefficient (Wildman–Crippen LogP) is -0.320. The van der Waals surface area contributed by atoms with E-state index in [-0.39, 0.29) is 16.9 Å². The number of sulfonamides is 1. The number of carbonyl (C=O) groups is 1. The second kappa shape index (κ2) is 6.20. The molecule has 1 saturated heterocycles. The van der Waals surface area contributed by atoms with E-state index in [4.69, 9.17) is 5.14 Å². The van der Waals surface area contributed by atoms with Crippen LogP contribution in [0.5, 0.6) is 0 Å². The van der Waals surface area contributed by atoms with Crippen molar-refractivity contribution in [2.24, 2.45) is 5.14 Å². The van der Waals surface area contributed by atoms with E-state index in [0.29, 0.717) is 32.4 Å². The van der Waals surface area contributed by atoms with E-state index >= 15 is 0 Å². The van der Waals surface area contributed by atoms with E-state index < -0.39 is 10.0 Å².